The normalized spacial score (nSPS) is 13.9. The number of thiophene rings is 1. The van der Waals surface area contributed by atoms with Crippen molar-refractivity contribution in [3.8, 4) is 11.1 Å². The second kappa shape index (κ2) is 5.76. The minimum atomic E-state index is -0.333. The number of ether oxygens (including phenoxy) is 1. The van der Waals surface area contributed by atoms with Gasteiger partial charge in [0, 0.05) is 12.1 Å². The monoisotopic (exact) mass is 341 g/mol. The van der Waals surface area contributed by atoms with Crippen LogP contribution in [0.3, 0.4) is 0 Å². The van der Waals surface area contributed by atoms with Crippen LogP contribution in [0.1, 0.15) is 22.5 Å². The van der Waals surface area contributed by atoms with Crippen LogP contribution in [0, 0.1) is 5.92 Å². The number of anilines is 1. The molecular weight excluding hydrogens is 326 g/mol. The van der Waals surface area contributed by atoms with E-state index in [4.69, 9.17) is 4.74 Å². The fraction of sp³-hybridized carbons (Fsp3) is 0.235. The van der Waals surface area contributed by atoms with Gasteiger partial charge < -0.3 is 14.5 Å². The maximum absolute atomic E-state index is 11.8. The Morgan fingerprint density at radius 3 is 2.88 bits per heavy atom. The number of hydrogen-bond donors (Lipinski definition) is 1. The van der Waals surface area contributed by atoms with Crippen molar-refractivity contribution in [2.75, 3.05) is 12.4 Å². The predicted octanol–water partition coefficient (Wildman–Crippen LogP) is 3.20. The van der Waals surface area contributed by atoms with E-state index in [1.165, 1.54) is 18.4 Å². The van der Waals surface area contributed by atoms with E-state index in [0.717, 1.165) is 29.6 Å². The van der Waals surface area contributed by atoms with Crippen LogP contribution < -0.4 is 5.32 Å². The Morgan fingerprint density at radius 2 is 2.12 bits per heavy atom. The van der Waals surface area contributed by atoms with Crippen LogP contribution in [0.5, 0.6) is 0 Å². The lowest BCUT2D eigenvalue weighted by atomic mass is 10.1. The molecule has 0 bridgehead atoms. The molecule has 0 unspecified atom stereocenters. The summed E-state index contributed by atoms with van der Waals surface area (Å²) in [7, 11) is 1.37. The minimum absolute atomic E-state index is 0.0409. The SMILES string of the molecule is COC(=O)c1cc(-c2ccc3nc(NC(=O)C4CC4)cn3c2)cs1. The van der Waals surface area contributed by atoms with Crippen molar-refractivity contribution in [1.82, 2.24) is 9.38 Å². The van der Waals surface area contributed by atoms with Crippen molar-refractivity contribution < 1.29 is 14.3 Å². The lowest BCUT2D eigenvalue weighted by Crippen LogP contribution is -2.13. The molecule has 0 aliphatic heterocycles. The molecule has 4 rings (SSSR count). The van der Waals surface area contributed by atoms with Crippen molar-refractivity contribution in [3.63, 3.8) is 0 Å². The highest BCUT2D eigenvalue weighted by molar-refractivity contribution is 7.12. The molecule has 1 amide bonds. The number of hydrogen-bond acceptors (Lipinski definition) is 5. The van der Waals surface area contributed by atoms with Crippen LogP contribution in [0.2, 0.25) is 0 Å². The molecule has 0 aromatic carbocycles. The van der Waals surface area contributed by atoms with Gasteiger partial charge in [0.05, 0.1) is 13.3 Å². The van der Waals surface area contributed by atoms with Crippen LogP contribution in [0.4, 0.5) is 5.82 Å². The van der Waals surface area contributed by atoms with E-state index >= 15 is 0 Å². The largest absolute Gasteiger partial charge is 0.465 e. The molecule has 1 aliphatic carbocycles. The summed E-state index contributed by atoms with van der Waals surface area (Å²) in [6.07, 6.45) is 5.65. The number of carbonyl (C=O) groups excluding carboxylic acids is 2. The number of amides is 1. The number of imidazole rings is 1. The van der Waals surface area contributed by atoms with E-state index in [9.17, 15) is 9.59 Å². The summed E-state index contributed by atoms with van der Waals surface area (Å²) < 4.78 is 6.60. The summed E-state index contributed by atoms with van der Waals surface area (Å²) in [6.45, 7) is 0. The molecule has 1 fully saturated rings. The van der Waals surface area contributed by atoms with Crippen LogP contribution >= 0.6 is 11.3 Å². The molecule has 1 N–H and O–H groups in total. The molecule has 3 heterocycles. The van der Waals surface area contributed by atoms with Crippen molar-refractivity contribution >= 4 is 34.7 Å². The predicted molar refractivity (Wildman–Crippen MR) is 91.2 cm³/mol. The standard InChI is InChI=1S/C17H15N3O3S/c1-23-17(22)13-6-12(9-24-13)11-4-5-15-18-14(8-20(15)7-11)19-16(21)10-2-3-10/h4-10H,2-3H2,1H3,(H,19,21). The smallest absolute Gasteiger partial charge is 0.348 e. The van der Waals surface area contributed by atoms with Crippen molar-refractivity contribution in [2.24, 2.45) is 5.92 Å². The number of methoxy groups -OCH3 is 1. The molecule has 0 radical (unpaired) electrons. The number of pyridine rings is 1. The zero-order valence-corrected chi connectivity index (χ0v) is 13.8. The van der Waals surface area contributed by atoms with Gasteiger partial charge in [0.25, 0.3) is 0 Å². The third-order valence-electron chi connectivity index (χ3n) is 3.97. The summed E-state index contributed by atoms with van der Waals surface area (Å²) in [5.74, 6) is 0.414. The zero-order chi connectivity index (χ0) is 16.7. The van der Waals surface area contributed by atoms with Gasteiger partial charge in [-0.2, -0.15) is 0 Å². The summed E-state index contributed by atoms with van der Waals surface area (Å²) in [5.41, 5.74) is 2.67. The Morgan fingerprint density at radius 1 is 1.29 bits per heavy atom. The molecule has 3 aromatic rings. The maximum atomic E-state index is 11.8. The summed E-state index contributed by atoms with van der Waals surface area (Å²) >= 11 is 1.35. The van der Waals surface area contributed by atoms with E-state index in [1.807, 2.05) is 34.2 Å². The number of esters is 1. The molecule has 0 atom stereocenters. The van der Waals surface area contributed by atoms with Gasteiger partial charge in [0.2, 0.25) is 5.91 Å². The summed E-state index contributed by atoms with van der Waals surface area (Å²) in [5, 5.41) is 4.77. The third kappa shape index (κ3) is 2.78. The molecule has 122 valence electrons. The molecule has 1 saturated carbocycles. The fourth-order valence-electron chi connectivity index (χ4n) is 2.49. The quantitative estimate of drug-likeness (QED) is 0.740. The highest BCUT2D eigenvalue weighted by Crippen LogP contribution is 2.30. The molecule has 0 saturated heterocycles. The Hall–Kier alpha value is -2.67. The van der Waals surface area contributed by atoms with Gasteiger partial charge in [-0.25, -0.2) is 9.78 Å². The second-order valence-electron chi connectivity index (χ2n) is 5.76. The molecule has 24 heavy (non-hydrogen) atoms. The van der Waals surface area contributed by atoms with E-state index in [0.29, 0.717) is 10.7 Å². The third-order valence-corrected chi connectivity index (χ3v) is 4.88. The molecule has 7 heteroatoms. The van der Waals surface area contributed by atoms with Gasteiger partial charge in [-0.05, 0) is 47.5 Å². The van der Waals surface area contributed by atoms with E-state index in [2.05, 4.69) is 10.3 Å². The van der Waals surface area contributed by atoms with Crippen molar-refractivity contribution in [3.05, 3.63) is 40.8 Å². The fourth-order valence-corrected chi connectivity index (χ4v) is 3.32. The van der Waals surface area contributed by atoms with Gasteiger partial charge in [-0.3, -0.25) is 4.79 Å². The number of carbonyl (C=O) groups is 2. The first kappa shape index (κ1) is 14.9. The lowest BCUT2D eigenvalue weighted by Gasteiger charge is -1.99. The van der Waals surface area contributed by atoms with Gasteiger partial charge in [-0.15, -0.1) is 11.3 Å². The molecule has 1 aliphatic rings. The van der Waals surface area contributed by atoms with Crippen LogP contribution in [-0.2, 0) is 9.53 Å². The first-order valence-corrected chi connectivity index (χ1v) is 8.49. The van der Waals surface area contributed by atoms with Gasteiger partial charge in [0.1, 0.15) is 10.5 Å². The minimum Gasteiger partial charge on any atom is -0.465 e. The number of rotatable bonds is 4. The highest BCUT2D eigenvalue weighted by atomic mass is 32.1. The topological polar surface area (TPSA) is 72.7 Å². The Labute approximate surface area is 142 Å². The molecule has 0 spiro atoms. The average Bonchev–Trinajstić information content (AvgIpc) is 3.19. The van der Waals surface area contributed by atoms with E-state index in [1.54, 1.807) is 6.20 Å². The van der Waals surface area contributed by atoms with Crippen LogP contribution in [0.15, 0.2) is 36.0 Å². The Kier molecular flexibility index (Phi) is 3.57. The van der Waals surface area contributed by atoms with Crippen molar-refractivity contribution in [1.29, 1.82) is 0 Å². The number of aromatic nitrogens is 2. The van der Waals surface area contributed by atoms with Gasteiger partial charge in [0.15, 0.2) is 5.82 Å². The maximum Gasteiger partial charge on any atom is 0.348 e. The molecular formula is C17H15N3O3S. The highest BCUT2D eigenvalue weighted by Gasteiger charge is 2.30. The first-order valence-electron chi connectivity index (χ1n) is 7.61. The van der Waals surface area contributed by atoms with Gasteiger partial charge in [-0.1, -0.05) is 0 Å². The number of nitrogens with zero attached hydrogens (tertiary/aromatic N) is 2. The summed E-state index contributed by atoms with van der Waals surface area (Å²) in [6, 6.07) is 5.64. The molecule has 6 nitrogen and oxygen atoms in total. The van der Waals surface area contributed by atoms with Crippen LogP contribution in [0.25, 0.3) is 16.8 Å². The lowest BCUT2D eigenvalue weighted by molar-refractivity contribution is -0.117. The van der Waals surface area contributed by atoms with Crippen molar-refractivity contribution in [2.45, 2.75) is 12.8 Å². The summed E-state index contributed by atoms with van der Waals surface area (Å²) in [4.78, 5) is 28.4. The number of fused-ring (bicyclic) bond motifs is 1. The van der Waals surface area contributed by atoms with E-state index < -0.39 is 0 Å². The Bertz CT molecular complexity index is 940. The average molecular weight is 341 g/mol. The zero-order valence-electron chi connectivity index (χ0n) is 13.0. The second-order valence-corrected chi connectivity index (χ2v) is 6.68. The van der Waals surface area contributed by atoms with Crippen LogP contribution in [-0.4, -0.2) is 28.4 Å². The first-order chi connectivity index (χ1) is 11.6. The Balaban J connectivity index is 1.61. The van der Waals surface area contributed by atoms with E-state index in [-0.39, 0.29) is 17.8 Å². The number of nitrogens with one attached hydrogen (secondary N) is 1. The van der Waals surface area contributed by atoms with Gasteiger partial charge >= 0.3 is 5.97 Å². The molecule has 3 aromatic heterocycles.